The molecule has 14 heavy (non-hydrogen) atoms. The van der Waals surface area contributed by atoms with Crippen molar-refractivity contribution in [3.05, 3.63) is 34.8 Å². The van der Waals surface area contributed by atoms with Crippen molar-refractivity contribution in [2.45, 2.75) is 13.0 Å². The molecular formula is C11H13BrO2. The second kappa shape index (κ2) is 5.17. The van der Waals surface area contributed by atoms with Gasteiger partial charge >= 0.3 is 0 Å². The number of ether oxygens (including phenoxy) is 1. The molecule has 0 aliphatic rings. The van der Waals surface area contributed by atoms with E-state index < -0.39 is 6.10 Å². The number of aliphatic hydroxyl groups is 1. The average molecular weight is 257 g/mol. The first kappa shape index (κ1) is 11.3. The Kier molecular flexibility index (Phi) is 4.17. The molecule has 0 heterocycles. The van der Waals surface area contributed by atoms with Crippen LogP contribution in [0.3, 0.4) is 0 Å². The Labute approximate surface area is 92.3 Å². The van der Waals surface area contributed by atoms with Crippen LogP contribution in [0.5, 0.6) is 5.75 Å². The van der Waals surface area contributed by atoms with Crippen LogP contribution in [0.2, 0.25) is 0 Å². The van der Waals surface area contributed by atoms with Gasteiger partial charge in [0, 0.05) is 0 Å². The minimum absolute atomic E-state index is 0.291. The summed E-state index contributed by atoms with van der Waals surface area (Å²) in [4.78, 5) is 0. The molecular weight excluding hydrogens is 244 g/mol. The van der Waals surface area contributed by atoms with E-state index in [1.807, 2.05) is 18.2 Å². The normalized spacial score (nSPS) is 12.2. The number of halogens is 1. The van der Waals surface area contributed by atoms with Crippen molar-refractivity contribution in [1.82, 2.24) is 0 Å². The molecule has 2 nitrogen and oxygen atoms in total. The summed E-state index contributed by atoms with van der Waals surface area (Å²) in [5.41, 5.74) is 0.980. The van der Waals surface area contributed by atoms with E-state index in [2.05, 4.69) is 22.5 Å². The van der Waals surface area contributed by atoms with Crippen LogP contribution in [0.25, 0.3) is 6.08 Å². The van der Waals surface area contributed by atoms with E-state index in [1.54, 1.807) is 13.0 Å². The van der Waals surface area contributed by atoms with E-state index in [4.69, 9.17) is 9.84 Å². The van der Waals surface area contributed by atoms with Gasteiger partial charge in [-0.05, 0) is 34.5 Å². The summed E-state index contributed by atoms with van der Waals surface area (Å²) in [6.45, 7) is 5.67. The molecule has 1 N–H and O–H groups in total. The maximum atomic E-state index is 9.07. The smallest absolute Gasteiger partial charge is 0.134 e. The molecule has 1 rings (SSSR count). The Bertz CT molecular complexity index is 321. The van der Waals surface area contributed by atoms with Gasteiger partial charge in [0.25, 0.3) is 0 Å². The highest BCUT2D eigenvalue weighted by molar-refractivity contribution is 9.10. The van der Waals surface area contributed by atoms with Crippen molar-refractivity contribution < 1.29 is 9.84 Å². The first-order valence-corrected chi connectivity index (χ1v) is 5.16. The monoisotopic (exact) mass is 256 g/mol. The third-order valence-corrected chi connectivity index (χ3v) is 2.54. The van der Waals surface area contributed by atoms with E-state index in [-0.39, 0.29) is 0 Å². The summed E-state index contributed by atoms with van der Waals surface area (Å²) in [6, 6.07) is 5.67. The SMILES string of the molecule is C=Cc1cccc(OCC(C)O)c1Br. The minimum atomic E-state index is -0.464. The van der Waals surface area contributed by atoms with Crippen LogP contribution in [0, 0.1) is 0 Å². The zero-order chi connectivity index (χ0) is 10.6. The molecule has 0 bridgehead atoms. The van der Waals surface area contributed by atoms with Gasteiger partial charge in [0.2, 0.25) is 0 Å². The van der Waals surface area contributed by atoms with Gasteiger partial charge in [-0.25, -0.2) is 0 Å². The predicted molar refractivity (Wildman–Crippen MR) is 61.4 cm³/mol. The first-order chi connectivity index (χ1) is 6.65. The van der Waals surface area contributed by atoms with Crippen molar-refractivity contribution in [2.24, 2.45) is 0 Å². The number of rotatable bonds is 4. The van der Waals surface area contributed by atoms with Crippen molar-refractivity contribution in [3.8, 4) is 5.75 Å². The fourth-order valence-corrected chi connectivity index (χ4v) is 1.55. The van der Waals surface area contributed by atoms with E-state index in [0.717, 1.165) is 15.8 Å². The Morgan fingerprint density at radius 1 is 1.64 bits per heavy atom. The Hall–Kier alpha value is -0.800. The lowest BCUT2D eigenvalue weighted by Crippen LogP contribution is -2.13. The third kappa shape index (κ3) is 2.86. The molecule has 1 unspecified atom stereocenters. The van der Waals surface area contributed by atoms with Gasteiger partial charge in [0.15, 0.2) is 0 Å². The number of hydrogen-bond donors (Lipinski definition) is 1. The third-order valence-electron chi connectivity index (χ3n) is 1.69. The number of hydrogen-bond acceptors (Lipinski definition) is 2. The van der Waals surface area contributed by atoms with Crippen molar-refractivity contribution in [1.29, 1.82) is 0 Å². The fraction of sp³-hybridized carbons (Fsp3) is 0.273. The maximum absolute atomic E-state index is 9.07. The first-order valence-electron chi connectivity index (χ1n) is 4.37. The molecule has 0 aromatic heterocycles. The van der Waals surface area contributed by atoms with Crippen LogP contribution >= 0.6 is 15.9 Å². The topological polar surface area (TPSA) is 29.5 Å². The minimum Gasteiger partial charge on any atom is -0.490 e. The highest BCUT2D eigenvalue weighted by Gasteiger charge is 2.05. The van der Waals surface area contributed by atoms with Crippen LogP contribution in [0.15, 0.2) is 29.3 Å². The Balaban J connectivity index is 2.81. The molecule has 0 radical (unpaired) electrons. The van der Waals surface area contributed by atoms with Crippen molar-refractivity contribution in [3.63, 3.8) is 0 Å². The molecule has 0 spiro atoms. The largest absolute Gasteiger partial charge is 0.490 e. The van der Waals surface area contributed by atoms with Gasteiger partial charge in [0.1, 0.15) is 12.4 Å². The van der Waals surface area contributed by atoms with Crippen molar-refractivity contribution >= 4 is 22.0 Å². The molecule has 0 amide bonds. The van der Waals surface area contributed by atoms with Crippen LogP contribution in [0.4, 0.5) is 0 Å². The molecule has 76 valence electrons. The standard InChI is InChI=1S/C11H13BrO2/c1-3-9-5-4-6-10(11(9)12)14-7-8(2)13/h3-6,8,13H,1,7H2,2H3. The highest BCUT2D eigenvalue weighted by atomic mass is 79.9. The summed E-state index contributed by atoms with van der Waals surface area (Å²) < 4.78 is 6.27. The van der Waals surface area contributed by atoms with Crippen LogP contribution in [0.1, 0.15) is 12.5 Å². The van der Waals surface area contributed by atoms with Gasteiger partial charge in [-0.3, -0.25) is 0 Å². The zero-order valence-electron chi connectivity index (χ0n) is 8.03. The van der Waals surface area contributed by atoms with E-state index in [9.17, 15) is 0 Å². The second-order valence-electron chi connectivity index (χ2n) is 3.02. The Morgan fingerprint density at radius 2 is 2.36 bits per heavy atom. The van der Waals surface area contributed by atoms with Gasteiger partial charge in [-0.15, -0.1) is 0 Å². The van der Waals surface area contributed by atoms with Crippen LogP contribution in [-0.2, 0) is 0 Å². The molecule has 0 aliphatic carbocycles. The average Bonchev–Trinajstić information content (AvgIpc) is 2.16. The molecule has 1 atom stereocenters. The summed E-state index contributed by atoms with van der Waals surface area (Å²) in [6.07, 6.45) is 1.29. The lowest BCUT2D eigenvalue weighted by Gasteiger charge is -2.10. The predicted octanol–water partition coefficient (Wildman–Crippen LogP) is 2.85. The van der Waals surface area contributed by atoms with E-state index >= 15 is 0 Å². The molecule has 0 saturated carbocycles. The fourth-order valence-electron chi connectivity index (χ4n) is 1.01. The zero-order valence-corrected chi connectivity index (χ0v) is 9.62. The Morgan fingerprint density at radius 3 is 2.93 bits per heavy atom. The maximum Gasteiger partial charge on any atom is 0.134 e. The molecule has 1 aromatic rings. The van der Waals surface area contributed by atoms with E-state index in [0.29, 0.717) is 6.61 Å². The number of aliphatic hydroxyl groups excluding tert-OH is 1. The van der Waals surface area contributed by atoms with E-state index in [1.165, 1.54) is 0 Å². The lowest BCUT2D eigenvalue weighted by atomic mass is 10.2. The van der Waals surface area contributed by atoms with Gasteiger partial charge in [-0.2, -0.15) is 0 Å². The molecule has 3 heteroatoms. The molecule has 0 saturated heterocycles. The molecule has 1 aromatic carbocycles. The van der Waals surface area contributed by atoms with Gasteiger partial charge < -0.3 is 9.84 Å². The van der Waals surface area contributed by atoms with Gasteiger partial charge in [-0.1, -0.05) is 24.8 Å². The molecule has 0 aliphatic heterocycles. The van der Waals surface area contributed by atoms with Gasteiger partial charge in [0.05, 0.1) is 10.6 Å². The lowest BCUT2D eigenvalue weighted by molar-refractivity contribution is 0.122. The van der Waals surface area contributed by atoms with Crippen LogP contribution in [-0.4, -0.2) is 17.8 Å². The second-order valence-corrected chi connectivity index (χ2v) is 3.82. The number of benzene rings is 1. The van der Waals surface area contributed by atoms with Crippen LogP contribution < -0.4 is 4.74 Å². The summed E-state index contributed by atoms with van der Waals surface area (Å²) in [5, 5.41) is 9.07. The summed E-state index contributed by atoms with van der Waals surface area (Å²) in [5.74, 6) is 0.725. The summed E-state index contributed by atoms with van der Waals surface area (Å²) >= 11 is 3.41. The van der Waals surface area contributed by atoms with Crippen molar-refractivity contribution in [2.75, 3.05) is 6.61 Å². The quantitative estimate of drug-likeness (QED) is 0.898. The highest BCUT2D eigenvalue weighted by Crippen LogP contribution is 2.29. The summed E-state index contributed by atoms with van der Waals surface area (Å²) in [7, 11) is 0. The molecule has 0 fully saturated rings.